The smallest absolute Gasteiger partial charge is 0.326 e. The van der Waals surface area contributed by atoms with Crippen molar-refractivity contribution in [3.63, 3.8) is 0 Å². The van der Waals surface area contributed by atoms with E-state index in [2.05, 4.69) is 62.0 Å². The lowest BCUT2D eigenvalue weighted by atomic mass is 10.1. The number of hydrogen-bond acceptors (Lipinski definition) is 3. The molecule has 0 aliphatic heterocycles. The van der Waals surface area contributed by atoms with Crippen LogP contribution in [-0.4, -0.2) is 26.1 Å². The molecule has 0 radical (unpaired) electrons. The van der Waals surface area contributed by atoms with Gasteiger partial charge in [-0.1, -0.05) is 46.9 Å². The van der Waals surface area contributed by atoms with Crippen molar-refractivity contribution in [3.8, 4) is 0 Å². The lowest BCUT2D eigenvalue weighted by Crippen LogP contribution is -2.32. The molecule has 6 heteroatoms. The van der Waals surface area contributed by atoms with E-state index in [0.717, 1.165) is 51.8 Å². The molecule has 4 rings (SSSR count). The van der Waals surface area contributed by atoms with Gasteiger partial charge < -0.3 is 4.74 Å². The van der Waals surface area contributed by atoms with Gasteiger partial charge in [0.25, 0.3) is 16.4 Å². The highest BCUT2D eigenvalue weighted by molar-refractivity contribution is 7.16. The van der Waals surface area contributed by atoms with Crippen LogP contribution in [0.2, 0.25) is 0 Å². The molecule has 0 amide bonds. The molecule has 0 saturated carbocycles. The van der Waals surface area contributed by atoms with E-state index in [1.807, 2.05) is 20.6 Å². The normalized spacial score (nSPS) is 14.6. The number of ether oxygens (including phenoxy) is 1. The third-order valence-corrected chi connectivity index (χ3v) is 7.86. The molecule has 0 aliphatic rings. The number of methoxy groups -OCH3 is 1. The van der Waals surface area contributed by atoms with Gasteiger partial charge in [-0.3, -0.25) is 4.42 Å². The molecule has 0 N–H and O–H groups in total. The van der Waals surface area contributed by atoms with Crippen LogP contribution in [0.4, 0.5) is 0 Å². The number of aromatic nitrogens is 2. The summed E-state index contributed by atoms with van der Waals surface area (Å²) in [5.74, 6) is 0.979. The lowest BCUT2D eigenvalue weighted by molar-refractivity contribution is -0.477. The fraction of sp³-hybridized carbons (Fsp3) is 0.269. The maximum absolute atomic E-state index is 5.74. The Kier molecular flexibility index (Phi) is 7.25. The lowest BCUT2D eigenvalue weighted by Gasteiger charge is -2.08. The number of benzene rings is 2. The number of fused-ring (bicyclic) bond motifs is 2. The van der Waals surface area contributed by atoms with Crippen molar-refractivity contribution in [2.24, 2.45) is 0 Å². The first-order valence-electron chi connectivity index (χ1n) is 10.7. The molecule has 0 spiro atoms. The molecule has 0 saturated heterocycles. The van der Waals surface area contributed by atoms with Gasteiger partial charge in [0.15, 0.2) is 0 Å². The number of ketones is 1. The molecular formula is C26H29N2O2S2+3. The first-order chi connectivity index (χ1) is 15.6. The summed E-state index contributed by atoms with van der Waals surface area (Å²) in [6, 6.07) is 16.7. The monoisotopic (exact) mass is 465 g/mol. The van der Waals surface area contributed by atoms with Crippen LogP contribution < -0.4 is 17.8 Å². The van der Waals surface area contributed by atoms with Crippen molar-refractivity contribution in [2.45, 2.75) is 31.8 Å². The molecule has 2 aromatic carbocycles. The van der Waals surface area contributed by atoms with Crippen LogP contribution in [0.25, 0.3) is 32.6 Å². The van der Waals surface area contributed by atoms with Gasteiger partial charge in [-0.25, -0.2) is 0 Å². The largest absolute Gasteiger partial charge is 0.377 e. The van der Waals surface area contributed by atoms with Crippen molar-refractivity contribution in [2.75, 3.05) is 14.2 Å². The van der Waals surface area contributed by atoms with Gasteiger partial charge in [0.05, 0.1) is 12.5 Å². The topological polar surface area (TPSA) is 32.3 Å². The van der Waals surface area contributed by atoms with Crippen molar-refractivity contribution < 1.29 is 17.6 Å². The van der Waals surface area contributed by atoms with Gasteiger partial charge in [0.2, 0.25) is 11.0 Å². The van der Waals surface area contributed by atoms with Gasteiger partial charge in [0.1, 0.15) is 28.9 Å². The zero-order chi connectivity index (χ0) is 22.5. The van der Waals surface area contributed by atoms with E-state index < -0.39 is 0 Å². The van der Waals surface area contributed by atoms with Crippen LogP contribution in [0.3, 0.4) is 0 Å². The fourth-order valence-electron chi connectivity index (χ4n) is 3.78. The Balaban J connectivity index is 1.40. The maximum Gasteiger partial charge on any atom is 0.326 e. The molecule has 1 atom stereocenters. The third kappa shape index (κ3) is 4.88. The highest BCUT2D eigenvalue weighted by Crippen LogP contribution is 2.13. The third-order valence-electron chi connectivity index (χ3n) is 5.61. The minimum atomic E-state index is 0.0654. The van der Waals surface area contributed by atoms with Gasteiger partial charge in [-0.2, -0.15) is 8.49 Å². The van der Waals surface area contributed by atoms with Crippen LogP contribution in [0, 0.1) is 13.4 Å². The van der Waals surface area contributed by atoms with Crippen LogP contribution in [0.1, 0.15) is 25.7 Å². The van der Waals surface area contributed by atoms with Crippen LogP contribution in [0.5, 0.6) is 0 Å². The van der Waals surface area contributed by atoms with Crippen molar-refractivity contribution in [1.29, 1.82) is 0 Å². The average molecular weight is 466 g/mol. The zero-order valence-corrected chi connectivity index (χ0v) is 20.3. The number of unbranched alkanes of at least 4 members (excludes halogenated alkanes) is 1. The number of carbonyl (C=O) groups excluding carboxylic acids is 1. The Morgan fingerprint density at radius 2 is 1.56 bits per heavy atom. The van der Waals surface area contributed by atoms with Gasteiger partial charge >= 0.3 is 5.78 Å². The number of thiazole rings is 2. The summed E-state index contributed by atoms with van der Waals surface area (Å²) < 4.78 is 20.1. The Labute approximate surface area is 195 Å². The molecule has 32 heavy (non-hydrogen) atoms. The molecule has 0 bridgehead atoms. The average Bonchev–Trinajstić information content (AvgIpc) is 3.31. The van der Waals surface area contributed by atoms with E-state index in [9.17, 15) is 0 Å². The summed E-state index contributed by atoms with van der Waals surface area (Å²) in [4.78, 5) is 0. The predicted octanol–water partition coefficient (Wildman–Crippen LogP) is 3.54. The number of rotatable bonds is 8. The van der Waals surface area contributed by atoms with Gasteiger partial charge in [0, 0.05) is 25.3 Å². The quantitative estimate of drug-likeness (QED) is 0.223. The Hall–Kier alpha value is -2.67. The summed E-state index contributed by atoms with van der Waals surface area (Å²) in [6.07, 6.45) is 8.30. The van der Waals surface area contributed by atoms with E-state index in [1.54, 1.807) is 36.9 Å². The minimum absolute atomic E-state index is 0.0654. The second-order valence-corrected chi connectivity index (χ2v) is 9.80. The highest BCUT2D eigenvalue weighted by Gasteiger charge is 2.15. The second kappa shape index (κ2) is 10.3. The van der Waals surface area contributed by atoms with Crippen molar-refractivity contribution >= 4 is 61.0 Å². The van der Waals surface area contributed by atoms with E-state index >= 15 is 0 Å². The predicted molar refractivity (Wildman–Crippen MR) is 134 cm³/mol. The first kappa shape index (κ1) is 22.5. The molecule has 164 valence electrons. The molecule has 0 aliphatic carbocycles. The zero-order valence-electron chi connectivity index (χ0n) is 18.6. The van der Waals surface area contributed by atoms with Crippen LogP contribution in [-0.2, 0) is 9.16 Å². The molecule has 2 aromatic heterocycles. The molecule has 2 heterocycles. The maximum atomic E-state index is 5.74. The van der Waals surface area contributed by atoms with Crippen LogP contribution in [0.15, 0.2) is 48.5 Å². The standard InChI is InChI=1S/C26H29N2O2S2/c1-27-21-13-7-9-15-23(21)31-25(27)17-19(29-3)11-5-6-12-20(30-4)18-26-28(2)22-14-8-10-16-24(22)32-26/h7-10,13-19H,1-2,5-6,11-12H2,3-4H3/q+3/b25-17+,26-18?. The number of para-hydroxylation sites is 2. The van der Waals surface area contributed by atoms with Gasteiger partial charge in [-0.15, -0.1) is 0 Å². The summed E-state index contributed by atoms with van der Waals surface area (Å²) in [6.45, 7) is 8.39. The second-order valence-electron chi connectivity index (χ2n) is 7.67. The highest BCUT2D eigenvalue weighted by atomic mass is 32.1. The van der Waals surface area contributed by atoms with E-state index in [4.69, 9.17) is 9.16 Å². The molecule has 1 unspecified atom stereocenters. The summed E-state index contributed by atoms with van der Waals surface area (Å²) in [7, 11) is 3.52. The number of hydrogen-bond donors (Lipinski definition) is 0. The Morgan fingerprint density at radius 3 is 2.16 bits per heavy atom. The summed E-state index contributed by atoms with van der Waals surface area (Å²) >= 11 is 3.48. The Bertz CT molecular complexity index is 1480. The molecular weight excluding hydrogens is 436 g/mol. The van der Waals surface area contributed by atoms with E-state index in [-0.39, 0.29) is 6.10 Å². The summed E-state index contributed by atoms with van der Waals surface area (Å²) in [5, 5.41) is 0. The van der Waals surface area contributed by atoms with Crippen molar-refractivity contribution in [1.82, 2.24) is 0 Å². The first-order valence-corrected chi connectivity index (χ1v) is 12.3. The number of nitrogens with zero attached hydrogens (tertiary/aromatic N) is 2. The van der Waals surface area contributed by atoms with E-state index in [0.29, 0.717) is 0 Å². The van der Waals surface area contributed by atoms with Crippen LogP contribution >= 0.6 is 22.7 Å². The van der Waals surface area contributed by atoms with E-state index in [1.165, 1.54) is 9.40 Å². The Morgan fingerprint density at radius 1 is 0.969 bits per heavy atom. The molecule has 4 nitrogen and oxygen atoms in total. The minimum Gasteiger partial charge on any atom is -0.377 e. The molecule has 4 aromatic rings. The summed E-state index contributed by atoms with van der Waals surface area (Å²) in [5.41, 5.74) is 2.29. The van der Waals surface area contributed by atoms with Gasteiger partial charge in [-0.05, 0) is 31.4 Å². The SMILES string of the molecule is C=[n+]1c(=CC(CCCCC(/C=c2/sc3ccccc3[n+]2=C)OC)=[O+]C)sc2ccccc21. The fourth-order valence-corrected chi connectivity index (χ4v) is 5.92. The van der Waals surface area contributed by atoms with Crippen molar-refractivity contribution in [3.05, 3.63) is 71.3 Å². The molecule has 0 fully saturated rings.